The van der Waals surface area contributed by atoms with E-state index in [4.69, 9.17) is 5.73 Å². The fourth-order valence-electron chi connectivity index (χ4n) is 2.01. The van der Waals surface area contributed by atoms with Crippen LogP contribution < -0.4 is 10.6 Å². The molecule has 1 aromatic rings. The Balaban J connectivity index is 3.09. The number of hydrogen-bond acceptors (Lipinski definition) is 3. The predicted molar refractivity (Wildman–Crippen MR) is 84.2 cm³/mol. The number of rotatable bonds is 6. The minimum Gasteiger partial charge on any atom is -0.370 e. The number of anilines is 1. The quantitative estimate of drug-likeness (QED) is 0.871. The Labute approximate surface area is 124 Å². The molecule has 1 aromatic carbocycles. The molecule has 0 atom stereocenters. The molecule has 4 heteroatoms. The molecule has 0 heterocycles. The molecule has 1 rings (SSSR count). The SMILES string of the molecule is CCCN(CC(C)(C)CN)c1ccc(Br)cc1C#N. The monoisotopic (exact) mass is 323 g/mol. The van der Waals surface area contributed by atoms with Crippen molar-refractivity contribution >= 4 is 21.6 Å². The third-order valence-corrected chi connectivity index (χ3v) is 3.58. The third kappa shape index (κ3) is 4.52. The van der Waals surface area contributed by atoms with Crippen molar-refractivity contribution < 1.29 is 0 Å². The molecule has 0 amide bonds. The van der Waals surface area contributed by atoms with E-state index < -0.39 is 0 Å². The lowest BCUT2D eigenvalue weighted by Gasteiger charge is -2.33. The summed E-state index contributed by atoms with van der Waals surface area (Å²) in [6.45, 7) is 8.87. The van der Waals surface area contributed by atoms with Crippen molar-refractivity contribution in [3.05, 3.63) is 28.2 Å². The van der Waals surface area contributed by atoms with Gasteiger partial charge in [-0.25, -0.2) is 0 Å². The highest BCUT2D eigenvalue weighted by atomic mass is 79.9. The lowest BCUT2D eigenvalue weighted by molar-refractivity contribution is 0.377. The number of nitrogens with two attached hydrogens (primary N) is 1. The lowest BCUT2D eigenvalue weighted by atomic mass is 9.92. The Kier molecular flexibility index (Phi) is 5.84. The molecule has 3 nitrogen and oxygen atoms in total. The van der Waals surface area contributed by atoms with Gasteiger partial charge in [0, 0.05) is 17.6 Å². The first-order chi connectivity index (χ1) is 8.93. The van der Waals surface area contributed by atoms with Crippen LogP contribution in [0.2, 0.25) is 0 Å². The lowest BCUT2D eigenvalue weighted by Crippen LogP contribution is -2.39. The highest BCUT2D eigenvalue weighted by Crippen LogP contribution is 2.27. The van der Waals surface area contributed by atoms with Crippen LogP contribution in [0.15, 0.2) is 22.7 Å². The van der Waals surface area contributed by atoms with Gasteiger partial charge in [-0.05, 0) is 36.6 Å². The maximum atomic E-state index is 9.29. The van der Waals surface area contributed by atoms with Gasteiger partial charge in [-0.1, -0.05) is 36.7 Å². The van der Waals surface area contributed by atoms with E-state index in [1.807, 2.05) is 18.2 Å². The zero-order valence-electron chi connectivity index (χ0n) is 11.9. The van der Waals surface area contributed by atoms with E-state index in [-0.39, 0.29) is 5.41 Å². The molecule has 0 unspecified atom stereocenters. The van der Waals surface area contributed by atoms with Gasteiger partial charge in [-0.2, -0.15) is 5.26 Å². The van der Waals surface area contributed by atoms with Crippen LogP contribution in [-0.4, -0.2) is 19.6 Å². The second-order valence-corrected chi connectivity index (χ2v) is 6.48. The molecule has 2 N–H and O–H groups in total. The molecule has 0 saturated carbocycles. The second kappa shape index (κ2) is 6.93. The largest absolute Gasteiger partial charge is 0.370 e. The van der Waals surface area contributed by atoms with Crippen LogP contribution in [0.3, 0.4) is 0 Å². The molecule has 0 bridgehead atoms. The Morgan fingerprint density at radius 3 is 2.63 bits per heavy atom. The highest BCUT2D eigenvalue weighted by Gasteiger charge is 2.21. The summed E-state index contributed by atoms with van der Waals surface area (Å²) in [6.07, 6.45) is 1.04. The van der Waals surface area contributed by atoms with Gasteiger partial charge in [0.2, 0.25) is 0 Å². The number of halogens is 1. The highest BCUT2D eigenvalue weighted by molar-refractivity contribution is 9.10. The van der Waals surface area contributed by atoms with Crippen LogP contribution >= 0.6 is 15.9 Å². The van der Waals surface area contributed by atoms with E-state index in [0.29, 0.717) is 12.1 Å². The topological polar surface area (TPSA) is 53.0 Å². The van der Waals surface area contributed by atoms with Crippen molar-refractivity contribution in [2.24, 2.45) is 11.1 Å². The van der Waals surface area contributed by atoms with Gasteiger partial charge in [-0.3, -0.25) is 0 Å². The molecule has 0 saturated heterocycles. The molecule has 0 aromatic heterocycles. The van der Waals surface area contributed by atoms with Gasteiger partial charge in [-0.15, -0.1) is 0 Å². The van der Waals surface area contributed by atoms with E-state index in [1.54, 1.807) is 0 Å². The smallest absolute Gasteiger partial charge is 0.101 e. The van der Waals surface area contributed by atoms with Crippen LogP contribution in [0.4, 0.5) is 5.69 Å². The summed E-state index contributed by atoms with van der Waals surface area (Å²) in [7, 11) is 0. The summed E-state index contributed by atoms with van der Waals surface area (Å²) in [6, 6.07) is 8.13. The van der Waals surface area contributed by atoms with E-state index in [1.165, 1.54) is 0 Å². The van der Waals surface area contributed by atoms with Gasteiger partial charge in [0.25, 0.3) is 0 Å². The third-order valence-electron chi connectivity index (χ3n) is 3.08. The Morgan fingerprint density at radius 1 is 1.42 bits per heavy atom. The molecule has 0 spiro atoms. The standard InChI is InChI=1S/C15H22BrN3/c1-4-7-19(11-15(2,3)10-18)14-6-5-13(16)8-12(14)9-17/h5-6,8H,4,7,10-11,18H2,1-3H3. The molecule has 19 heavy (non-hydrogen) atoms. The van der Waals surface area contributed by atoms with Crippen LogP contribution in [0.25, 0.3) is 0 Å². The maximum Gasteiger partial charge on any atom is 0.101 e. The van der Waals surface area contributed by atoms with Crippen molar-refractivity contribution in [1.29, 1.82) is 5.26 Å². The van der Waals surface area contributed by atoms with Crippen LogP contribution in [0.5, 0.6) is 0 Å². The summed E-state index contributed by atoms with van der Waals surface area (Å²) in [5, 5.41) is 9.29. The molecule has 0 fully saturated rings. The molecule has 0 aliphatic heterocycles. The number of benzene rings is 1. The van der Waals surface area contributed by atoms with Gasteiger partial charge < -0.3 is 10.6 Å². The molecule has 0 aliphatic carbocycles. The average molecular weight is 324 g/mol. The minimum atomic E-state index is 0.0367. The summed E-state index contributed by atoms with van der Waals surface area (Å²) in [5.74, 6) is 0. The van der Waals surface area contributed by atoms with Crippen LogP contribution in [0, 0.1) is 16.7 Å². The minimum absolute atomic E-state index is 0.0367. The van der Waals surface area contributed by atoms with Gasteiger partial charge >= 0.3 is 0 Å². The Hall–Kier alpha value is -1.05. The second-order valence-electron chi connectivity index (χ2n) is 5.56. The average Bonchev–Trinajstić information content (AvgIpc) is 2.38. The van der Waals surface area contributed by atoms with E-state index >= 15 is 0 Å². The van der Waals surface area contributed by atoms with Crippen molar-refractivity contribution in [2.45, 2.75) is 27.2 Å². The maximum absolute atomic E-state index is 9.29. The van der Waals surface area contributed by atoms with Crippen LogP contribution in [-0.2, 0) is 0 Å². The summed E-state index contributed by atoms with van der Waals surface area (Å²) in [4.78, 5) is 2.26. The van der Waals surface area contributed by atoms with Crippen LogP contribution in [0.1, 0.15) is 32.8 Å². The molecule has 0 radical (unpaired) electrons. The summed E-state index contributed by atoms with van der Waals surface area (Å²) in [5.41, 5.74) is 7.56. The number of hydrogen-bond donors (Lipinski definition) is 1. The van der Waals surface area contributed by atoms with Crippen molar-refractivity contribution in [3.8, 4) is 6.07 Å². The van der Waals surface area contributed by atoms with Gasteiger partial charge in [0.1, 0.15) is 6.07 Å². The van der Waals surface area contributed by atoms with E-state index in [2.05, 4.69) is 47.7 Å². The molecule has 0 aliphatic rings. The zero-order valence-corrected chi connectivity index (χ0v) is 13.5. The fourth-order valence-corrected chi connectivity index (χ4v) is 2.37. The Bertz CT molecular complexity index is 463. The molecular formula is C15H22BrN3. The normalized spacial score (nSPS) is 11.2. The predicted octanol–water partition coefficient (Wildman–Crippen LogP) is 3.52. The molecule has 104 valence electrons. The van der Waals surface area contributed by atoms with Gasteiger partial charge in [0.05, 0.1) is 11.3 Å². The Morgan fingerprint density at radius 2 is 2.11 bits per heavy atom. The summed E-state index contributed by atoms with van der Waals surface area (Å²) >= 11 is 3.41. The first-order valence-electron chi connectivity index (χ1n) is 6.58. The van der Waals surface area contributed by atoms with Crippen molar-refractivity contribution in [3.63, 3.8) is 0 Å². The zero-order chi connectivity index (χ0) is 14.5. The van der Waals surface area contributed by atoms with Crippen molar-refractivity contribution in [2.75, 3.05) is 24.5 Å². The molecular weight excluding hydrogens is 302 g/mol. The fraction of sp³-hybridized carbons (Fsp3) is 0.533. The first kappa shape index (κ1) is 16.0. The number of nitrogens with zero attached hydrogens (tertiary/aromatic N) is 2. The first-order valence-corrected chi connectivity index (χ1v) is 7.37. The van der Waals surface area contributed by atoms with E-state index in [9.17, 15) is 5.26 Å². The van der Waals surface area contributed by atoms with Crippen molar-refractivity contribution in [1.82, 2.24) is 0 Å². The number of nitriles is 1. The van der Waals surface area contributed by atoms with E-state index in [0.717, 1.165) is 29.7 Å². The van der Waals surface area contributed by atoms with Gasteiger partial charge in [0.15, 0.2) is 0 Å². The summed E-state index contributed by atoms with van der Waals surface area (Å²) < 4.78 is 0.933.